The third-order valence-electron chi connectivity index (χ3n) is 4.54. The van der Waals surface area contributed by atoms with Gasteiger partial charge in [0.2, 0.25) is 5.95 Å². The van der Waals surface area contributed by atoms with Crippen molar-refractivity contribution in [3.63, 3.8) is 0 Å². The maximum Gasteiger partial charge on any atom is 0.421 e. The minimum Gasteiger partial charge on any atom is -0.372 e. The lowest BCUT2D eigenvalue weighted by Gasteiger charge is -2.28. The first-order valence-electron chi connectivity index (χ1n) is 8.41. The maximum atomic E-state index is 12.9. The van der Waals surface area contributed by atoms with E-state index in [1.54, 1.807) is 0 Å². The van der Waals surface area contributed by atoms with Gasteiger partial charge in [0.05, 0.1) is 6.04 Å². The van der Waals surface area contributed by atoms with Crippen LogP contribution in [0, 0.1) is 6.92 Å². The van der Waals surface area contributed by atoms with Gasteiger partial charge in [-0.25, -0.2) is 4.98 Å². The fourth-order valence-corrected chi connectivity index (χ4v) is 3.00. The van der Waals surface area contributed by atoms with Crippen LogP contribution >= 0.6 is 0 Å². The molecule has 2 aromatic rings. The summed E-state index contributed by atoms with van der Waals surface area (Å²) < 4.78 is 40.7. The average molecular weight is 369 g/mol. The molecule has 0 amide bonds. The number of piperidine rings is 1. The van der Waals surface area contributed by atoms with E-state index in [0.29, 0.717) is 11.9 Å². The number of nitrogens with one attached hydrogen (secondary N) is 2. The molecule has 0 radical (unpaired) electrons. The van der Waals surface area contributed by atoms with Gasteiger partial charge in [0, 0.05) is 25.0 Å². The number of alkyl halides is 3. The van der Waals surface area contributed by atoms with Crippen molar-refractivity contribution < 1.29 is 13.2 Å². The van der Waals surface area contributed by atoms with E-state index < -0.39 is 11.7 Å². The molecule has 142 valence electrons. The van der Waals surface area contributed by atoms with Crippen LogP contribution in [0.4, 0.5) is 30.8 Å². The molecule has 0 aromatic carbocycles. The molecule has 3 rings (SSSR count). The van der Waals surface area contributed by atoms with Crippen LogP contribution < -0.4 is 10.6 Å². The molecule has 0 unspecified atom stereocenters. The zero-order valence-electron chi connectivity index (χ0n) is 14.9. The minimum absolute atomic E-state index is 0.0686. The molecule has 2 aromatic heterocycles. The number of hydrogen-bond donors (Lipinski definition) is 2. The van der Waals surface area contributed by atoms with E-state index in [9.17, 15) is 13.2 Å². The molecule has 0 aliphatic carbocycles. The maximum absolute atomic E-state index is 12.9. The fraction of sp³-hybridized carbons (Fsp3) is 0.562. The summed E-state index contributed by atoms with van der Waals surface area (Å²) in [4.78, 5) is 9.98. The zero-order chi connectivity index (χ0) is 18.9. The van der Waals surface area contributed by atoms with Gasteiger partial charge in [-0.1, -0.05) is 0 Å². The third kappa shape index (κ3) is 3.90. The Hall–Kier alpha value is -2.36. The Labute approximate surface area is 149 Å². The predicted octanol–water partition coefficient (Wildman–Crippen LogP) is 3.05. The lowest BCUT2D eigenvalue weighted by atomic mass is 10.1. The highest BCUT2D eigenvalue weighted by molar-refractivity contribution is 5.55. The molecular weight excluding hydrogens is 347 g/mol. The summed E-state index contributed by atoms with van der Waals surface area (Å²) in [5.41, 5.74) is -0.0161. The lowest BCUT2D eigenvalue weighted by Crippen LogP contribution is -2.31. The molecule has 3 heterocycles. The molecule has 1 aliphatic heterocycles. The van der Waals surface area contributed by atoms with Gasteiger partial charge in [0.25, 0.3) is 0 Å². The summed E-state index contributed by atoms with van der Waals surface area (Å²) in [5, 5.41) is 9.93. The van der Waals surface area contributed by atoms with E-state index in [-0.39, 0.29) is 11.8 Å². The average Bonchev–Trinajstić information content (AvgIpc) is 2.95. The van der Waals surface area contributed by atoms with E-state index in [0.717, 1.165) is 37.7 Å². The number of hydrogen-bond acceptors (Lipinski definition) is 6. The fourth-order valence-electron chi connectivity index (χ4n) is 3.00. The van der Waals surface area contributed by atoms with Crippen molar-refractivity contribution in [1.82, 2.24) is 24.6 Å². The van der Waals surface area contributed by atoms with Crippen molar-refractivity contribution in [3.8, 4) is 0 Å². The molecule has 0 atom stereocenters. The number of halogens is 3. The molecule has 0 bridgehead atoms. The van der Waals surface area contributed by atoms with Crippen LogP contribution in [0.2, 0.25) is 0 Å². The van der Waals surface area contributed by atoms with E-state index in [4.69, 9.17) is 0 Å². The summed E-state index contributed by atoms with van der Waals surface area (Å²) >= 11 is 0. The van der Waals surface area contributed by atoms with E-state index in [1.807, 2.05) is 17.8 Å². The van der Waals surface area contributed by atoms with Crippen LogP contribution in [0.1, 0.15) is 30.0 Å². The summed E-state index contributed by atoms with van der Waals surface area (Å²) in [5.74, 6) is 0.340. The van der Waals surface area contributed by atoms with Gasteiger partial charge in [-0.05, 0) is 39.9 Å². The summed E-state index contributed by atoms with van der Waals surface area (Å²) in [6.07, 6.45) is 0.226. The number of nitrogens with zero attached hydrogens (tertiary/aromatic N) is 5. The molecule has 1 aliphatic rings. The van der Waals surface area contributed by atoms with Gasteiger partial charge in [-0.3, -0.25) is 4.68 Å². The van der Waals surface area contributed by atoms with Gasteiger partial charge in [0.15, 0.2) is 5.82 Å². The molecule has 0 spiro atoms. The monoisotopic (exact) mass is 369 g/mol. The van der Waals surface area contributed by atoms with Crippen LogP contribution in [-0.2, 0) is 6.18 Å². The largest absolute Gasteiger partial charge is 0.421 e. The smallest absolute Gasteiger partial charge is 0.372 e. The SMILES string of the molecule is CNc1nc(Nc2nn(C3CCN(C)CC3)cc2C)ncc1C(F)(F)F. The summed E-state index contributed by atoms with van der Waals surface area (Å²) in [6.45, 7) is 3.92. The predicted molar refractivity (Wildman–Crippen MR) is 92.6 cm³/mol. The highest BCUT2D eigenvalue weighted by Crippen LogP contribution is 2.34. The first-order chi connectivity index (χ1) is 12.3. The number of aryl methyl sites for hydroxylation is 1. The summed E-state index contributed by atoms with van der Waals surface area (Å²) in [6, 6.07) is 0.321. The highest BCUT2D eigenvalue weighted by atomic mass is 19.4. The van der Waals surface area contributed by atoms with E-state index in [1.165, 1.54) is 7.05 Å². The van der Waals surface area contributed by atoms with Crippen LogP contribution in [0.25, 0.3) is 0 Å². The van der Waals surface area contributed by atoms with Gasteiger partial charge in [-0.15, -0.1) is 0 Å². The summed E-state index contributed by atoms with van der Waals surface area (Å²) in [7, 11) is 3.49. The van der Waals surface area contributed by atoms with E-state index in [2.05, 4.69) is 37.6 Å². The highest BCUT2D eigenvalue weighted by Gasteiger charge is 2.35. The van der Waals surface area contributed by atoms with Crippen LogP contribution in [0.15, 0.2) is 12.4 Å². The first-order valence-corrected chi connectivity index (χ1v) is 8.41. The molecule has 1 fully saturated rings. The number of anilines is 3. The Balaban J connectivity index is 1.79. The normalized spacial score (nSPS) is 16.7. The van der Waals surface area contributed by atoms with Crippen molar-refractivity contribution in [1.29, 1.82) is 0 Å². The molecule has 26 heavy (non-hydrogen) atoms. The Kier molecular flexibility index (Phi) is 5.03. The number of likely N-dealkylation sites (tertiary alicyclic amines) is 1. The van der Waals surface area contributed by atoms with Crippen molar-refractivity contribution in [2.75, 3.05) is 37.8 Å². The van der Waals surface area contributed by atoms with Gasteiger partial charge in [0.1, 0.15) is 11.4 Å². The molecular formula is C16H22F3N7. The van der Waals surface area contributed by atoms with Gasteiger partial charge in [-0.2, -0.15) is 23.3 Å². The standard InChI is InChI=1S/C16H22F3N7/c1-10-9-26(11-4-6-25(3)7-5-11)24-13(10)22-15-21-8-12(16(17,18)19)14(20-2)23-15/h8-9,11H,4-7H2,1-3H3,(H2,20,21,22,23,24). The minimum atomic E-state index is -4.51. The second-order valence-corrected chi connectivity index (χ2v) is 6.50. The van der Waals surface area contributed by atoms with Crippen LogP contribution in [0.5, 0.6) is 0 Å². The topological polar surface area (TPSA) is 70.9 Å². The molecule has 7 nitrogen and oxygen atoms in total. The first kappa shape index (κ1) is 18.4. The zero-order valence-corrected chi connectivity index (χ0v) is 14.9. The second-order valence-electron chi connectivity index (χ2n) is 6.50. The second kappa shape index (κ2) is 7.10. The number of aromatic nitrogens is 4. The van der Waals surface area contributed by atoms with Crippen molar-refractivity contribution in [2.24, 2.45) is 0 Å². The Morgan fingerprint density at radius 2 is 1.88 bits per heavy atom. The van der Waals surface area contributed by atoms with Crippen molar-refractivity contribution >= 4 is 17.6 Å². The van der Waals surface area contributed by atoms with E-state index >= 15 is 0 Å². The Morgan fingerprint density at radius 3 is 2.50 bits per heavy atom. The van der Waals surface area contributed by atoms with Gasteiger partial charge < -0.3 is 15.5 Å². The van der Waals surface area contributed by atoms with Crippen molar-refractivity contribution in [2.45, 2.75) is 32.0 Å². The third-order valence-corrected chi connectivity index (χ3v) is 4.54. The Bertz CT molecular complexity index is 764. The van der Waals surface area contributed by atoms with Crippen molar-refractivity contribution in [3.05, 3.63) is 23.5 Å². The van der Waals surface area contributed by atoms with Crippen LogP contribution in [-0.4, -0.2) is 51.8 Å². The van der Waals surface area contributed by atoms with Crippen LogP contribution in [0.3, 0.4) is 0 Å². The Morgan fingerprint density at radius 1 is 1.19 bits per heavy atom. The van der Waals surface area contributed by atoms with Gasteiger partial charge >= 0.3 is 6.18 Å². The lowest BCUT2D eigenvalue weighted by molar-refractivity contribution is -0.137. The molecule has 2 N–H and O–H groups in total. The number of rotatable bonds is 4. The molecule has 0 saturated carbocycles. The molecule has 10 heteroatoms. The molecule has 1 saturated heterocycles. The quantitative estimate of drug-likeness (QED) is 0.863.